The third-order valence-corrected chi connectivity index (χ3v) is 3.06. The predicted octanol–water partition coefficient (Wildman–Crippen LogP) is 1.72. The highest BCUT2D eigenvalue weighted by Gasteiger charge is 2.44. The van der Waals surface area contributed by atoms with Crippen LogP contribution in [0.4, 0.5) is 8.78 Å². The number of aliphatic carboxylic acids is 1. The van der Waals surface area contributed by atoms with Crippen LogP contribution in [0.25, 0.3) is 0 Å². The molecule has 0 saturated carbocycles. The Morgan fingerprint density at radius 1 is 1.44 bits per heavy atom. The summed E-state index contributed by atoms with van der Waals surface area (Å²) in [4.78, 5) is 10.8. The van der Waals surface area contributed by atoms with Crippen molar-refractivity contribution < 1.29 is 28.2 Å². The van der Waals surface area contributed by atoms with Crippen molar-refractivity contribution in [3.63, 3.8) is 0 Å². The summed E-state index contributed by atoms with van der Waals surface area (Å²) >= 11 is 0. The zero-order valence-corrected chi connectivity index (χ0v) is 9.70. The van der Waals surface area contributed by atoms with Crippen molar-refractivity contribution in [3.05, 3.63) is 29.3 Å². The van der Waals surface area contributed by atoms with Crippen LogP contribution >= 0.6 is 0 Å². The third-order valence-electron chi connectivity index (χ3n) is 3.06. The smallest absolute Gasteiger partial charge is 0.304 e. The van der Waals surface area contributed by atoms with E-state index in [2.05, 4.69) is 4.74 Å². The van der Waals surface area contributed by atoms with Gasteiger partial charge in [0, 0.05) is 11.6 Å². The molecule has 0 spiro atoms. The van der Waals surface area contributed by atoms with Gasteiger partial charge in [-0.2, -0.15) is 0 Å². The van der Waals surface area contributed by atoms with E-state index >= 15 is 0 Å². The molecule has 1 aliphatic rings. The van der Waals surface area contributed by atoms with Gasteiger partial charge in [0.25, 0.3) is 0 Å². The number of halogens is 2. The fourth-order valence-electron chi connectivity index (χ4n) is 2.08. The largest absolute Gasteiger partial charge is 0.494 e. The van der Waals surface area contributed by atoms with Gasteiger partial charge in [-0.1, -0.05) is 0 Å². The van der Waals surface area contributed by atoms with E-state index in [9.17, 15) is 13.6 Å². The molecule has 1 heterocycles. The second-order valence-electron chi connectivity index (χ2n) is 4.31. The predicted molar refractivity (Wildman–Crippen MR) is 57.7 cm³/mol. The quantitative estimate of drug-likeness (QED) is 0.893. The second-order valence-corrected chi connectivity index (χ2v) is 4.31. The summed E-state index contributed by atoms with van der Waals surface area (Å²) < 4.78 is 37.1. The molecule has 0 bridgehead atoms. The highest BCUT2D eigenvalue weighted by molar-refractivity contribution is 5.69. The van der Waals surface area contributed by atoms with Crippen LogP contribution in [-0.2, 0) is 14.9 Å². The van der Waals surface area contributed by atoms with Gasteiger partial charge in [-0.15, -0.1) is 0 Å². The maximum absolute atomic E-state index is 13.9. The number of rotatable bonds is 4. The number of hydrogen-bond donors (Lipinski definition) is 1. The Morgan fingerprint density at radius 2 is 2.11 bits per heavy atom. The Morgan fingerprint density at radius 3 is 2.56 bits per heavy atom. The van der Waals surface area contributed by atoms with Crippen molar-refractivity contribution in [1.82, 2.24) is 0 Å². The molecular weight excluding hydrogens is 246 g/mol. The van der Waals surface area contributed by atoms with Gasteiger partial charge in [0.2, 0.25) is 0 Å². The molecule has 0 aliphatic carbocycles. The lowest BCUT2D eigenvalue weighted by molar-refractivity contribution is -0.145. The van der Waals surface area contributed by atoms with E-state index in [1.54, 1.807) is 0 Å². The zero-order valence-electron chi connectivity index (χ0n) is 9.70. The van der Waals surface area contributed by atoms with Crippen LogP contribution in [0.5, 0.6) is 5.75 Å². The fraction of sp³-hybridized carbons (Fsp3) is 0.417. The number of carboxylic acid groups (broad SMARTS) is 1. The first-order valence-electron chi connectivity index (χ1n) is 5.31. The van der Waals surface area contributed by atoms with Crippen LogP contribution in [0.3, 0.4) is 0 Å². The van der Waals surface area contributed by atoms with Gasteiger partial charge in [0.1, 0.15) is 5.82 Å². The summed E-state index contributed by atoms with van der Waals surface area (Å²) in [5.41, 5.74) is -0.960. The molecule has 98 valence electrons. The molecule has 0 unspecified atom stereocenters. The van der Waals surface area contributed by atoms with Crippen molar-refractivity contribution in [2.75, 3.05) is 20.3 Å². The van der Waals surface area contributed by atoms with Crippen LogP contribution in [-0.4, -0.2) is 31.4 Å². The fourth-order valence-corrected chi connectivity index (χ4v) is 2.08. The average molecular weight is 258 g/mol. The SMILES string of the molecule is COc1cc(F)c(C2(CC(=O)O)COC2)cc1F. The van der Waals surface area contributed by atoms with Crippen LogP contribution in [0.1, 0.15) is 12.0 Å². The lowest BCUT2D eigenvalue weighted by atomic mass is 9.75. The summed E-state index contributed by atoms with van der Waals surface area (Å²) in [6.07, 6.45) is -0.296. The number of carbonyl (C=O) groups is 1. The van der Waals surface area contributed by atoms with Crippen molar-refractivity contribution in [2.24, 2.45) is 0 Å². The molecule has 2 rings (SSSR count). The van der Waals surface area contributed by atoms with Crippen molar-refractivity contribution in [1.29, 1.82) is 0 Å². The van der Waals surface area contributed by atoms with Crippen molar-refractivity contribution in [2.45, 2.75) is 11.8 Å². The van der Waals surface area contributed by atoms with E-state index in [4.69, 9.17) is 9.84 Å². The first-order valence-corrected chi connectivity index (χ1v) is 5.31. The monoisotopic (exact) mass is 258 g/mol. The summed E-state index contributed by atoms with van der Waals surface area (Å²) in [7, 11) is 1.23. The molecule has 1 aromatic rings. The van der Waals surface area contributed by atoms with Crippen LogP contribution in [0.2, 0.25) is 0 Å². The number of ether oxygens (including phenoxy) is 2. The standard InChI is InChI=1S/C12H12F2O4/c1-17-10-3-8(13)7(2-9(10)14)12(4-11(15)16)5-18-6-12/h2-3H,4-6H2,1H3,(H,15,16). The molecular formula is C12H12F2O4. The maximum atomic E-state index is 13.9. The molecule has 1 saturated heterocycles. The Hall–Kier alpha value is -1.69. The Bertz CT molecular complexity index is 483. The minimum atomic E-state index is -1.08. The summed E-state index contributed by atoms with van der Waals surface area (Å²) in [6.45, 7) is 0.143. The van der Waals surface area contributed by atoms with E-state index in [1.165, 1.54) is 7.11 Å². The Kier molecular flexibility index (Phi) is 3.21. The van der Waals surface area contributed by atoms with E-state index in [0.717, 1.165) is 12.1 Å². The number of carboxylic acids is 1. The first kappa shape index (κ1) is 12.8. The molecule has 0 atom stereocenters. The highest BCUT2D eigenvalue weighted by atomic mass is 19.1. The minimum absolute atomic E-state index is 0.0226. The number of hydrogen-bond acceptors (Lipinski definition) is 3. The van der Waals surface area contributed by atoms with Gasteiger partial charge < -0.3 is 14.6 Å². The van der Waals surface area contributed by atoms with Gasteiger partial charge in [0.15, 0.2) is 11.6 Å². The van der Waals surface area contributed by atoms with Crippen LogP contribution in [0, 0.1) is 11.6 Å². The Balaban J connectivity index is 2.43. The molecule has 6 heteroatoms. The molecule has 1 fully saturated rings. The van der Waals surface area contributed by atoms with Gasteiger partial charge >= 0.3 is 5.97 Å². The van der Waals surface area contributed by atoms with Crippen LogP contribution < -0.4 is 4.74 Å². The Labute approximate surface area is 102 Å². The maximum Gasteiger partial charge on any atom is 0.304 e. The van der Waals surface area contributed by atoms with Gasteiger partial charge in [-0.25, -0.2) is 8.78 Å². The average Bonchev–Trinajstić information content (AvgIpc) is 2.26. The molecule has 1 N–H and O–H groups in total. The minimum Gasteiger partial charge on any atom is -0.494 e. The molecule has 1 aliphatic heterocycles. The summed E-state index contributed by atoms with van der Waals surface area (Å²) in [6, 6.07) is 1.91. The van der Waals surface area contributed by atoms with Gasteiger partial charge in [-0.05, 0) is 6.07 Å². The highest BCUT2D eigenvalue weighted by Crippen LogP contribution is 2.39. The molecule has 0 radical (unpaired) electrons. The van der Waals surface area contributed by atoms with Gasteiger partial charge in [0.05, 0.1) is 32.2 Å². The lowest BCUT2D eigenvalue weighted by Crippen LogP contribution is -2.48. The first-order chi connectivity index (χ1) is 8.48. The van der Waals surface area contributed by atoms with Gasteiger partial charge in [-0.3, -0.25) is 4.79 Å². The van der Waals surface area contributed by atoms with Crippen molar-refractivity contribution >= 4 is 5.97 Å². The van der Waals surface area contributed by atoms with E-state index in [-0.39, 0.29) is 30.9 Å². The van der Waals surface area contributed by atoms with E-state index in [0.29, 0.717) is 0 Å². The summed E-state index contributed by atoms with van der Waals surface area (Å²) in [5.74, 6) is -2.68. The topological polar surface area (TPSA) is 55.8 Å². The second kappa shape index (κ2) is 4.53. The third kappa shape index (κ3) is 2.03. The summed E-state index contributed by atoms with van der Waals surface area (Å²) in [5, 5.41) is 8.84. The van der Waals surface area contributed by atoms with E-state index < -0.39 is 23.0 Å². The normalized spacial score (nSPS) is 17.1. The lowest BCUT2D eigenvalue weighted by Gasteiger charge is -2.41. The molecule has 4 nitrogen and oxygen atoms in total. The molecule has 18 heavy (non-hydrogen) atoms. The van der Waals surface area contributed by atoms with Crippen molar-refractivity contribution in [3.8, 4) is 5.75 Å². The number of methoxy groups -OCH3 is 1. The molecule has 1 aromatic carbocycles. The molecule has 0 amide bonds. The van der Waals surface area contributed by atoms with E-state index in [1.807, 2.05) is 0 Å². The molecule has 0 aromatic heterocycles. The zero-order chi connectivity index (χ0) is 13.3. The number of benzene rings is 1. The van der Waals surface area contributed by atoms with Crippen LogP contribution in [0.15, 0.2) is 12.1 Å².